The molecule has 0 saturated heterocycles. The number of hydrogen-bond donors (Lipinski definition) is 2. The Morgan fingerprint density at radius 1 is 1.00 bits per heavy atom. The van der Waals surface area contributed by atoms with E-state index >= 15 is 0 Å². The number of ketones is 1. The standard InChI is InChI=1S/C25H27FN2O3/c1-25(2)12-17-23(18(29)13-25)21(15-7-10-19(30-3)20(11-15)31-4)22(24(27)28-17)14-5-8-16(26)9-6-14/h5-11,21,28H,12-13,27H2,1-4H3. The maximum atomic E-state index is 13.6. The highest BCUT2D eigenvalue weighted by atomic mass is 19.1. The zero-order chi connectivity index (χ0) is 22.3. The zero-order valence-electron chi connectivity index (χ0n) is 18.2. The van der Waals surface area contributed by atoms with Gasteiger partial charge in [-0.1, -0.05) is 32.0 Å². The average molecular weight is 423 g/mol. The Morgan fingerprint density at radius 3 is 2.32 bits per heavy atom. The zero-order valence-corrected chi connectivity index (χ0v) is 18.2. The van der Waals surface area contributed by atoms with Crippen LogP contribution in [-0.4, -0.2) is 20.0 Å². The smallest absolute Gasteiger partial charge is 0.162 e. The SMILES string of the molecule is COc1ccc(C2C3=C(CC(C)(C)CC3=O)NC(N)=C2c2ccc(F)cc2)cc1OC. The molecule has 31 heavy (non-hydrogen) atoms. The molecule has 6 heteroatoms. The summed E-state index contributed by atoms with van der Waals surface area (Å²) in [5.74, 6) is 1.00. The van der Waals surface area contributed by atoms with E-state index in [0.29, 0.717) is 29.3 Å². The van der Waals surface area contributed by atoms with Crippen LogP contribution in [0.3, 0.4) is 0 Å². The van der Waals surface area contributed by atoms with Gasteiger partial charge in [0.25, 0.3) is 0 Å². The fourth-order valence-electron chi connectivity index (χ4n) is 4.63. The van der Waals surface area contributed by atoms with E-state index in [0.717, 1.165) is 28.8 Å². The Morgan fingerprint density at radius 2 is 1.68 bits per heavy atom. The van der Waals surface area contributed by atoms with Gasteiger partial charge in [0.2, 0.25) is 0 Å². The van der Waals surface area contributed by atoms with E-state index in [-0.39, 0.29) is 17.0 Å². The van der Waals surface area contributed by atoms with Crippen molar-refractivity contribution in [1.29, 1.82) is 0 Å². The van der Waals surface area contributed by atoms with Crippen LogP contribution in [0.1, 0.15) is 43.7 Å². The number of rotatable bonds is 4. The largest absolute Gasteiger partial charge is 0.493 e. The number of benzene rings is 2. The quantitative estimate of drug-likeness (QED) is 0.759. The first-order valence-corrected chi connectivity index (χ1v) is 10.2. The number of ether oxygens (including phenoxy) is 2. The van der Waals surface area contributed by atoms with Crippen LogP contribution in [0.15, 0.2) is 59.6 Å². The molecule has 1 atom stereocenters. The van der Waals surface area contributed by atoms with E-state index in [1.165, 1.54) is 12.1 Å². The molecule has 2 aromatic carbocycles. The summed E-state index contributed by atoms with van der Waals surface area (Å²) in [6.07, 6.45) is 1.17. The number of dihydropyridines is 1. The third kappa shape index (κ3) is 3.78. The van der Waals surface area contributed by atoms with E-state index in [1.54, 1.807) is 26.4 Å². The van der Waals surface area contributed by atoms with Gasteiger partial charge in [-0.15, -0.1) is 0 Å². The van der Waals surface area contributed by atoms with Crippen LogP contribution in [-0.2, 0) is 4.79 Å². The molecule has 0 aromatic heterocycles. The summed E-state index contributed by atoms with van der Waals surface area (Å²) in [6, 6.07) is 11.8. The molecule has 0 spiro atoms. The lowest BCUT2D eigenvalue weighted by Gasteiger charge is -2.40. The second-order valence-electron chi connectivity index (χ2n) is 8.84. The van der Waals surface area contributed by atoms with Crippen LogP contribution in [0, 0.1) is 11.2 Å². The highest BCUT2D eigenvalue weighted by Crippen LogP contribution is 2.49. The normalized spacial score (nSPS) is 20.3. The molecule has 1 aliphatic heterocycles. The van der Waals surface area contributed by atoms with Crippen LogP contribution >= 0.6 is 0 Å². The van der Waals surface area contributed by atoms with Gasteiger partial charge in [-0.05, 0) is 47.2 Å². The molecule has 5 nitrogen and oxygen atoms in total. The number of allylic oxidation sites excluding steroid dienone is 3. The van der Waals surface area contributed by atoms with E-state index in [9.17, 15) is 9.18 Å². The van der Waals surface area contributed by atoms with Gasteiger partial charge in [-0.25, -0.2) is 4.39 Å². The number of nitrogens with two attached hydrogens (primary N) is 1. The molecule has 1 heterocycles. The van der Waals surface area contributed by atoms with E-state index in [4.69, 9.17) is 15.2 Å². The number of halogens is 1. The molecule has 3 N–H and O–H groups in total. The van der Waals surface area contributed by atoms with Crippen molar-refractivity contribution in [2.45, 2.75) is 32.6 Å². The minimum atomic E-state index is -0.398. The molecule has 0 saturated carbocycles. The number of carbonyl (C=O) groups excluding carboxylic acids is 1. The van der Waals surface area contributed by atoms with Crippen LogP contribution in [0.4, 0.5) is 4.39 Å². The summed E-state index contributed by atoms with van der Waals surface area (Å²) in [5.41, 5.74) is 10.3. The summed E-state index contributed by atoms with van der Waals surface area (Å²) in [4.78, 5) is 13.4. The minimum absolute atomic E-state index is 0.0886. The third-order valence-electron chi connectivity index (χ3n) is 5.97. The molecule has 0 fully saturated rings. The molecule has 1 aliphatic carbocycles. The van der Waals surface area contributed by atoms with Crippen LogP contribution in [0.5, 0.6) is 11.5 Å². The predicted octanol–water partition coefficient (Wildman–Crippen LogP) is 4.50. The number of hydrogen-bond acceptors (Lipinski definition) is 5. The second kappa shape index (κ2) is 7.76. The Kier molecular flexibility index (Phi) is 5.25. The predicted molar refractivity (Wildman–Crippen MR) is 118 cm³/mol. The Bertz CT molecular complexity index is 1100. The summed E-state index contributed by atoms with van der Waals surface area (Å²) >= 11 is 0. The minimum Gasteiger partial charge on any atom is -0.493 e. The highest BCUT2D eigenvalue weighted by molar-refractivity contribution is 6.03. The lowest BCUT2D eigenvalue weighted by atomic mass is 9.68. The summed E-state index contributed by atoms with van der Waals surface area (Å²) in [5, 5.41) is 3.28. The van der Waals surface area contributed by atoms with Gasteiger partial charge in [0.1, 0.15) is 11.6 Å². The average Bonchev–Trinajstić information content (AvgIpc) is 2.72. The maximum Gasteiger partial charge on any atom is 0.162 e. The first kappa shape index (κ1) is 21.0. The van der Waals surface area contributed by atoms with Crippen molar-refractivity contribution < 1.29 is 18.7 Å². The van der Waals surface area contributed by atoms with Gasteiger partial charge < -0.3 is 20.5 Å². The molecule has 0 amide bonds. The Balaban J connectivity index is 1.94. The van der Waals surface area contributed by atoms with Gasteiger partial charge in [-0.3, -0.25) is 4.79 Å². The van der Waals surface area contributed by atoms with Crippen LogP contribution in [0.2, 0.25) is 0 Å². The monoisotopic (exact) mass is 422 g/mol. The summed E-state index contributed by atoms with van der Waals surface area (Å²) in [6.45, 7) is 4.16. The van der Waals surface area contributed by atoms with Crippen molar-refractivity contribution in [3.63, 3.8) is 0 Å². The van der Waals surface area contributed by atoms with Crippen LogP contribution in [0.25, 0.3) is 5.57 Å². The van der Waals surface area contributed by atoms with E-state index in [2.05, 4.69) is 19.2 Å². The molecule has 4 rings (SSSR count). The highest BCUT2D eigenvalue weighted by Gasteiger charge is 2.41. The molecule has 2 aliphatic rings. The van der Waals surface area contributed by atoms with Gasteiger partial charge in [0, 0.05) is 29.2 Å². The first-order chi connectivity index (χ1) is 14.7. The molecule has 2 aromatic rings. The lowest BCUT2D eigenvalue weighted by molar-refractivity contribution is -0.118. The number of methoxy groups -OCH3 is 2. The Labute approximate surface area is 181 Å². The first-order valence-electron chi connectivity index (χ1n) is 10.2. The molecular weight excluding hydrogens is 395 g/mol. The molecule has 0 radical (unpaired) electrons. The second-order valence-corrected chi connectivity index (χ2v) is 8.84. The molecule has 1 unspecified atom stereocenters. The van der Waals surface area contributed by atoms with Gasteiger partial charge in [0.15, 0.2) is 17.3 Å². The number of nitrogens with one attached hydrogen (secondary N) is 1. The van der Waals surface area contributed by atoms with Gasteiger partial charge >= 0.3 is 0 Å². The summed E-state index contributed by atoms with van der Waals surface area (Å²) in [7, 11) is 3.16. The van der Waals surface area contributed by atoms with Crippen molar-refractivity contribution in [3.8, 4) is 11.5 Å². The lowest BCUT2D eigenvalue weighted by Crippen LogP contribution is -2.39. The van der Waals surface area contributed by atoms with Gasteiger partial charge in [0.05, 0.1) is 14.2 Å². The Hall–Kier alpha value is -3.28. The van der Waals surface area contributed by atoms with Crippen molar-refractivity contribution in [2.75, 3.05) is 14.2 Å². The van der Waals surface area contributed by atoms with E-state index < -0.39 is 5.92 Å². The van der Waals surface area contributed by atoms with Crippen molar-refractivity contribution in [1.82, 2.24) is 5.32 Å². The fourth-order valence-corrected chi connectivity index (χ4v) is 4.63. The number of Topliss-reactive ketones (excluding diaryl/α,β-unsaturated/α-hetero) is 1. The topological polar surface area (TPSA) is 73.6 Å². The van der Waals surface area contributed by atoms with Gasteiger partial charge in [-0.2, -0.15) is 0 Å². The van der Waals surface area contributed by atoms with Crippen molar-refractivity contribution >= 4 is 11.4 Å². The van der Waals surface area contributed by atoms with Crippen LogP contribution < -0.4 is 20.5 Å². The fraction of sp³-hybridized carbons (Fsp3) is 0.320. The molecule has 0 bridgehead atoms. The van der Waals surface area contributed by atoms with E-state index in [1.807, 2.05) is 18.2 Å². The van der Waals surface area contributed by atoms with Crippen molar-refractivity contribution in [2.24, 2.45) is 11.1 Å². The third-order valence-corrected chi connectivity index (χ3v) is 5.97. The van der Waals surface area contributed by atoms with Crippen molar-refractivity contribution in [3.05, 3.63) is 76.5 Å². The maximum absolute atomic E-state index is 13.6. The molecule has 162 valence electrons. The summed E-state index contributed by atoms with van der Waals surface area (Å²) < 4.78 is 24.5. The number of carbonyl (C=O) groups is 1. The molecular formula is C25H27FN2O3.